The van der Waals surface area contributed by atoms with Crippen molar-refractivity contribution in [1.82, 2.24) is 4.98 Å². The Balaban J connectivity index is 2.16. The molecule has 4 nitrogen and oxygen atoms in total. The first-order valence-electron chi connectivity index (χ1n) is 5.30. The van der Waals surface area contributed by atoms with Gasteiger partial charge in [-0.15, -0.1) is 0 Å². The van der Waals surface area contributed by atoms with Crippen molar-refractivity contribution < 1.29 is 9.13 Å². The fourth-order valence-corrected chi connectivity index (χ4v) is 1.92. The summed E-state index contributed by atoms with van der Waals surface area (Å²) in [5.74, 6) is 5.74. The van der Waals surface area contributed by atoms with E-state index in [1.165, 1.54) is 12.1 Å². The molecule has 0 aliphatic carbocycles. The Morgan fingerprint density at radius 1 is 1.37 bits per heavy atom. The van der Waals surface area contributed by atoms with Gasteiger partial charge in [-0.2, -0.15) is 0 Å². The summed E-state index contributed by atoms with van der Waals surface area (Å²) < 4.78 is 19.2. The van der Waals surface area contributed by atoms with Gasteiger partial charge in [0, 0.05) is 6.07 Å². The van der Waals surface area contributed by atoms with E-state index in [9.17, 15) is 4.39 Å². The van der Waals surface area contributed by atoms with Gasteiger partial charge < -0.3 is 10.2 Å². The zero-order valence-corrected chi connectivity index (χ0v) is 12.0. The van der Waals surface area contributed by atoms with Gasteiger partial charge >= 0.3 is 0 Å². The van der Waals surface area contributed by atoms with Gasteiger partial charge in [-0.3, -0.25) is 0 Å². The summed E-state index contributed by atoms with van der Waals surface area (Å²) in [7, 11) is 0. The lowest BCUT2D eigenvalue weighted by molar-refractivity contribution is 0.298. The molecule has 0 fully saturated rings. The summed E-state index contributed by atoms with van der Waals surface area (Å²) >= 11 is 9.27. The van der Waals surface area contributed by atoms with Crippen LogP contribution < -0.4 is 16.0 Å². The van der Waals surface area contributed by atoms with E-state index in [0.717, 1.165) is 0 Å². The van der Waals surface area contributed by atoms with Crippen LogP contribution in [0.25, 0.3) is 0 Å². The topological polar surface area (TPSA) is 60.2 Å². The lowest BCUT2D eigenvalue weighted by atomic mass is 10.3. The number of nitrogens with zero attached hydrogens (tertiary/aromatic N) is 1. The van der Waals surface area contributed by atoms with Gasteiger partial charge in [0.15, 0.2) is 0 Å². The van der Waals surface area contributed by atoms with E-state index < -0.39 is 0 Å². The van der Waals surface area contributed by atoms with E-state index in [1.807, 2.05) is 0 Å². The number of ether oxygens (including phenoxy) is 1. The number of nitrogen functional groups attached to an aromatic ring is 1. The van der Waals surface area contributed by atoms with Gasteiger partial charge in [-0.25, -0.2) is 15.2 Å². The van der Waals surface area contributed by atoms with Crippen molar-refractivity contribution in [3.05, 3.63) is 51.3 Å². The number of hydrogen-bond donors (Lipinski definition) is 2. The smallest absolute Gasteiger partial charge is 0.140 e. The number of hydrazine groups is 1. The fourth-order valence-electron chi connectivity index (χ4n) is 1.40. The van der Waals surface area contributed by atoms with E-state index in [1.54, 1.807) is 18.2 Å². The van der Waals surface area contributed by atoms with Crippen LogP contribution >= 0.6 is 27.5 Å². The van der Waals surface area contributed by atoms with Gasteiger partial charge in [0.2, 0.25) is 0 Å². The SMILES string of the molecule is NNc1ccc(Cl)c(COc2cc(F)ccc2Br)n1. The zero-order chi connectivity index (χ0) is 13.8. The molecule has 0 aliphatic heterocycles. The molecule has 19 heavy (non-hydrogen) atoms. The minimum atomic E-state index is -0.380. The van der Waals surface area contributed by atoms with E-state index in [4.69, 9.17) is 22.2 Å². The first-order valence-corrected chi connectivity index (χ1v) is 6.47. The largest absolute Gasteiger partial charge is 0.486 e. The third kappa shape index (κ3) is 3.56. The average Bonchev–Trinajstić information content (AvgIpc) is 2.41. The third-order valence-electron chi connectivity index (χ3n) is 2.32. The van der Waals surface area contributed by atoms with Crippen molar-refractivity contribution in [2.75, 3.05) is 5.43 Å². The Kier molecular flexibility index (Phi) is 4.57. The summed E-state index contributed by atoms with van der Waals surface area (Å²) in [6, 6.07) is 7.48. The second-order valence-corrected chi connectivity index (χ2v) is 4.89. The summed E-state index contributed by atoms with van der Waals surface area (Å²) in [6.07, 6.45) is 0. The van der Waals surface area contributed by atoms with Crippen molar-refractivity contribution in [1.29, 1.82) is 0 Å². The Hall–Kier alpha value is -1.37. The Morgan fingerprint density at radius 3 is 2.89 bits per heavy atom. The molecule has 0 radical (unpaired) electrons. The second kappa shape index (κ2) is 6.18. The molecule has 2 aromatic rings. The number of anilines is 1. The monoisotopic (exact) mass is 345 g/mol. The molecule has 3 N–H and O–H groups in total. The van der Waals surface area contributed by atoms with Gasteiger partial charge in [0.05, 0.1) is 15.2 Å². The first kappa shape index (κ1) is 14.0. The number of nitrogens with one attached hydrogen (secondary N) is 1. The van der Waals surface area contributed by atoms with Crippen LogP contribution in [-0.2, 0) is 6.61 Å². The van der Waals surface area contributed by atoms with E-state index >= 15 is 0 Å². The molecule has 0 amide bonds. The highest BCUT2D eigenvalue weighted by molar-refractivity contribution is 9.10. The van der Waals surface area contributed by atoms with Crippen LogP contribution in [0.3, 0.4) is 0 Å². The maximum Gasteiger partial charge on any atom is 0.140 e. The van der Waals surface area contributed by atoms with Gasteiger partial charge in [0.25, 0.3) is 0 Å². The highest BCUT2D eigenvalue weighted by atomic mass is 79.9. The molecular weight excluding hydrogens is 337 g/mol. The Bertz CT molecular complexity index is 597. The Morgan fingerprint density at radius 2 is 2.16 bits per heavy atom. The van der Waals surface area contributed by atoms with Gasteiger partial charge in [-0.05, 0) is 40.2 Å². The summed E-state index contributed by atoms with van der Waals surface area (Å²) in [4.78, 5) is 4.16. The molecule has 1 aromatic carbocycles. The van der Waals surface area contributed by atoms with Gasteiger partial charge in [0.1, 0.15) is 24.0 Å². The molecule has 2 rings (SSSR count). The van der Waals surface area contributed by atoms with Crippen molar-refractivity contribution >= 4 is 33.3 Å². The number of benzene rings is 1. The standard InChI is InChI=1S/C12H10BrClFN3O/c13-8-2-1-7(15)5-11(8)19-6-10-9(14)3-4-12(17-10)18-16/h1-5H,6,16H2,(H,17,18). The molecule has 1 heterocycles. The van der Waals surface area contributed by atoms with Crippen LogP contribution in [0.1, 0.15) is 5.69 Å². The number of nitrogens with two attached hydrogens (primary N) is 1. The number of hydrogen-bond acceptors (Lipinski definition) is 4. The quantitative estimate of drug-likeness (QED) is 0.657. The molecule has 100 valence electrons. The highest BCUT2D eigenvalue weighted by Gasteiger charge is 2.07. The molecule has 0 unspecified atom stereocenters. The van der Waals surface area contributed by atoms with Crippen LogP contribution in [0, 0.1) is 5.82 Å². The average molecular weight is 347 g/mol. The molecule has 0 bridgehead atoms. The lowest BCUT2D eigenvalue weighted by Gasteiger charge is -2.10. The van der Waals surface area contributed by atoms with Crippen LogP contribution in [0.5, 0.6) is 5.75 Å². The summed E-state index contributed by atoms with van der Waals surface area (Å²) in [5, 5.41) is 0.450. The van der Waals surface area contributed by atoms with Crippen LogP contribution in [-0.4, -0.2) is 4.98 Å². The second-order valence-electron chi connectivity index (χ2n) is 3.63. The minimum Gasteiger partial charge on any atom is -0.486 e. The molecular formula is C12H10BrClFN3O. The third-order valence-corrected chi connectivity index (χ3v) is 3.32. The maximum atomic E-state index is 13.1. The molecule has 7 heteroatoms. The van der Waals surface area contributed by atoms with Crippen LogP contribution in [0.15, 0.2) is 34.8 Å². The predicted molar refractivity (Wildman–Crippen MR) is 75.5 cm³/mol. The zero-order valence-electron chi connectivity index (χ0n) is 9.66. The summed E-state index contributed by atoms with van der Waals surface area (Å²) in [5.41, 5.74) is 2.93. The molecule has 0 aliphatic rings. The van der Waals surface area contributed by atoms with E-state index in [0.29, 0.717) is 26.8 Å². The fraction of sp³-hybridized carbons (Fsp3) is 0.0833. The Labute approximate surface area is 122 Å². The van der Waals surface area contributed by atoms with Gasteiger partial charge in [-0.1, -0.05) is 11.6 Å². The number of aromatic nitrogens is 1. The first-order chi connectivity index (χ1) is 9.10. The molecule has 0 saturated heterocycles. The van der Waals surface area contributed by atoms with Crippen LogP contribution in [0.2, 0.25) is 5.02 Å². The van der Waals surface area contributed by atoms with E-state index in [2.05, 4.69) is 26.3 Å². The normalized spacial score (nSPS) is 10.3. The maximum absolute atomic E-state index is 13.1. The molecule has 0 saturated carbocycles. The van der Waals surface area contributed by atoms with E-state index in [-0.39, 0.29) is 12.4 Å². The lowest BCUT2D eigenvalue weighted by Crippen LogP contribution is -2.10. The van der Waals surface area contributed by atoms with Crippen LogP contribution in [0.4, 0.5) is 10.2 Å². The van der Waals surface area contributed by atoms with Crippen molar-refractivity contribution in [3.63, 3.8) is 0 Å². The molecule has 1 aromatic heterocycles. The van der Waals surface area contributed by atoms with Crippen molar-refractivity contribution in [2.24, 2.45) is 5.84 Å². The summed E-state index contributed by atoms with van der Waals surface area (Å²) in [6.45, 7) is 0.108. The number of pyridine rings is 1. The molecule has 0 spiro atoms. The van der Waals surface area contributed by atoms with Crippen molar-refractivity contribution in [2.45, 2.75) is 6.61 Å². The number of halogens is 3. The predicted octanol–water partition coefficient (Wildman–Crippen LogP) is 3.50. The molecule has 0 atom stereocenters. The minimum absolute atomic E-state index is 0.108. The number of rotatable bonds is 4. The highest BCUT2D eigenvalue weighted by Crippen LogP contribution is 2.27. The van der Waals surface area contributed by atoms with Crippen molar-refractivity contribution in [3.8, 4) is 5.75 Å².